The lowest BCUT2D eigenvalue weighted by Gasteiger charge is -2.07. The molecule has 0 saturated heterocycles. The van der Waals surface area contributed by atoms with E-state index in [2.05, 4.69) is 15.3 Å². The highest BCUT2D eigenvalue weighted by molar-refractivity contribution is 5.78. The minimum absolute atomic E-state index is 0.265. The molecule has 0 amide bonds. The third kappa shape index (κ3) is 3.84. The molecule has 19 heavy (non-hydrogen) atoms. The summed E-state index contributed by atoms with van der Waals surface area (Å²) in [5.41, 5.74) is 7.43. The van der Waals surface area contributed by atoms with E-state index in [-0.39, 0.29) is 6.04 Å². The molecule has 100 valence electrons. The number of hydrogen-bond donors (Lipinski definition) is 2. The Morgan fingerprint density at radius 3 is 2.79 bits per heavy atom. The minimum atomic E-state index is 0.265. The van der Waals surface area contributed by atoms with Crippen LogP contribution in [-0.4, -0.2) is 17.0 Å². The van der Waals surface area contributed by atoms with Crippen LogP contribution in [0.2, 0.25) is 0 Å². The van der Waals surface area contributed by atoms with Gasteiger partial charge in [-0.2, -0.15) is 0 Å². The zero-order chi connectivity index (χ0) is 13.7. The quantitative estimate of drug-likeness (QED) is 0.650. The lowest BCUT2D eigenvalue weighted by molar-refractivity contribution is 0.572. The molecule has 5 heteroatoms. The molecule has 0 spiro atoms. The number of guanidine groups is 1. The molecule has 0 unspecified atom stereocenters. The van der Waals surface area contributed by atoms with E-state index in [4.69, 9.17) is 10.2 Å². The van der Waals surface area contributed by atoms with Gasteiger partial charge in [-0.1, -0.05) is 18.2 Å². The van der Waals surface area contributed by atoms with Crippen LogP contribution in [0.1, 0.15) is 19.5 Å². The topological polar surface area (TPSA) is 76.4 Å². The molecule has 2 aromatic rings. The fraction of sp³-hybridized carbons (Fsp3) is 0.286. The van der Waals surface area contributed by atoms with E-state index < -0.39 is 0 Å². The van der Waals surface area contributed by atoms with Crippen LogP contribution in [0.25, 0.3) is 11.5 Å². The van der Waals surface area contributed by atoms with Crippen molar-refractivity contribution >= 4 is 5.96 Å². The van der Waals surface area contributed by atoms with Crippen molar-refractivity contribution in [3.05, 3.63) is 42.3 Å². The number of aliphatic imine (C=N–C) groups is 1. The summed E-state index contributed by atoms with van der Waals surface area (Å²) in [6, 6.07) is 10.0. The van der Waals surface area contributed by atoms with Crippen molar-refractivity contribution in [1.82, 2.24) is 10.3 Å². The molecule has 0 aliphatic rings. The van der Waals surface area contributed by atoms with E-state index in [1.54, 1.807) is 6.26 Å². The second kappa shape index (κ2) is 6.04. The normalized spacial score (nSPS) is 11.8. The van der Waals surface area contributed by atoms with Crippen LogP contribution in [0, 0.1) is 0 Å². The van der Waals surface area contributed by atoms with Crippen molar-refractivity contribution in [1.29, 1.82) is 0 Å². The maximum absolute atomic E-state index is 5.72. The Kier molecular flexibility index (Phi) is 4.18. The van der Waals surface area contributed by atoms with Gasteiger partial charge in [-0.3, -0.25) is 0 Å². The average molecular weight is 258 g/mol. The van der Waals surface area contributed by atoms with Gasteiger partial charge < -0.3 is 15.5 Å². The number of nitrogens with two attached hydrogens (primary N) is 1. The van der Waals surface area contributed by atoms with Gasteiger partial charge in [0.15, 0.2) is 5.96 Å². The second-order valence-corrected chi connectivity index (χ2v) is 4.51. The smallest absolute Gasteiger partial charge is 0.226 e. The Hall–Kier alpha value is -2.30. The van der Waals surface area contributed by atoms with E-state index >= 15 is 0 Å². The molecule has 0 saturated carbocycles. The summed E-state index contributed by atoms with van der Waals surface area (Å²) < 4.78 is 5.42. The number of oxazole rings is 1. The molecular weight excluding hydrogens is 240 g/mol. The molecule has 0 fully saturated rings. The fourth-order valence-corrected chi connectivity index (χ4v) is 1.60. The molecule has 0 atom stereocenters. The van der Waals surface area contributed by atoms with Crippen molar-refractivity contribution in [3.63, 3.8) is 0 Å². The summed E-state index contributed by atoms with van der Waals surface area (Å²) in [6.07, 6.45) is 1.61. The van der Waals surface area contributed by atoms with Crippen molar-refractivity contribution in [3.8, 4) is 11.5 Å². The third-order valence-electron chi connectivity index (χ3n) is 2.42. The summed E-state index contributed by atoms with van der Waals surface area (Å²) in [5, 5.41) is 3.02. The molecule has 1 heterocycles. The van der Waals surface area contributed by atoms with E-state index in [1.165, 1.54) is 0 Å². The van der Waals surface area contributed by atoms with E-state index in [0.29, 0.717) is 18.4 Å². The Labute approximate surface area is 112 Å². The van der Waals surface area contributed by atoms with Gasteiger partial charge in [0.05, 0.1) is 6.54 Å². The Morgan fingerprint density at radius 2 is 2.11 bits per heavy atom. The Bertz CT molecular complexity index is 546. The van der Waals surface area contributed by atoms with Gasteiger partial charge in [0.1, 0.15) is 12.0 Å². The summed E-state index contributed by atoms with van der Waals surface area (Å²) in [5.74, 6) is 1.01. The van der Waals surface area contributed by atoms with E-state index in [1.807, 2.05) is 44.2 Å². The number of hydrogen-bond acceptors (Lipinski definition) is 3. The van der Waals surface area contributed by atoms with Crippen molar-refractivity contribution in [2.75, 3.05) is 0 Å². The molecule has 5 nitrogen and oxygen atoms in total. The van der Waals surface area contributed by atoms with Gasteiger partial charge in [-0.05, 0) is 26.0 Å². The zero-order valence-corrected chi connectivity index (χ0v) is 11.1. The fourth-order valence-electron chi connectivity index (χ4n) is 1.60. The average Bonchev–Trinajstić information content (AvgIpc) is 2.85. The van der Waals surface area contributed by atoms with Crippen LogP contribution in [0.3, 0.4) is 0 Å². The van der Waals surface area contributed by atoms with Crippen LogP contribution in [0.5, 0.6) is 0 Å². The standard InChI is InChI=1S/C14H18N4O/c1-10(2)17-14(15)16-8-12-9-19-13(18-12)11-6-4-3-5-7-11/h3-7,9-10H,8H2,1-2H3,(H3,15,16,17). The molecule has 0 bridgehead atoms. The van der Waals surface area contributed by atoms with Crippen molar-refractivity contribution in [2.45, 2.75) is 26.4 Å². The molecule has 1 aromatic heterocycles. The number of nitrogens with zero attached hydrogens (tertiary/aromatic N) is 2. The van der Waals surface area contributed by atoms with Crippen molar-refractivity contribution < 1.29 is 4.42 Å². The highest BCUT2D eigenvalue weighted by Crippen LogP contribution is 2.18. The van der Waals surface area contributed by atoms with Crippen LogP contribution >= 0.6 is 0 Å². The first-order valence-electron chi connectivity index (χ1n) is 6.21. The van der Waals surface area contributed by atoms with Crippen molar-refractivity contribution in [2.24, 2.45) is 10.7 Å². The predicted molar refractivity (Wildman–Crippen MR) is 75.5 cm³/mol. The maximum atomic E-state index is 5.72. The number of benzene rings is 1. The van der Waals surface area contributed by atoms with Gasteiger partial charge in [-0.15, -0.1) is 0 Å². The lowest BCUT2D eigenvalue weighted by Crippen LogP contribution is -2.36. The first-order valence-corrected chi connectivity index (χ1v) is 6.21. The highest BCUT2D eigenvalue weighted by atomic mass is 16.3. The maximum Gasteiger partial charge on any atom is 0.226 e. The lowest BCUT2D eigenvalue weighted by atomic mass is 10.2. The van der Waals surface area contributed by atoms with Gasteiger partial charge in [0, 0.05) is 11.6 Å². The van der Waals surface area contributed by atoms with E-state index in [9.17, 15) is 0 Å². The monoisotopic (exact) mass is 258 g/mol. The first kappa shape index (κ1) is 13.1. The summed E-state index contributed by atoms with van der Waals surface area (Å²) in [4.78, 5) is 8.58. The van der Waals surface area contributed by atoms with Gasteiger partial charge in [0.25, 0.3) is 0 Å². The van der Waals surface area contributed by atoms with Crippen LogP contribution in [0.15, 0.2) is 46.0 Å². The van der Waals surface area contributed by atoms with Crippen LogP contribution in [0.4, 0.5) is 0 Å². The molecule has 0 radical (unpaired) electrons. The number of nitrogens with one attached hydrogen (secondary N) is 1. The molecule has 1 aromatic carbocycles. The Balaban J connectivity index is 2.02. The van der Waals surface area contributed by atoms with Gasteiger partial charge >= 0.3 is 0 Å². The molecule has 0 aliphatic heterocycles. The predicted octanol–water partition coefficient (Wildman–Crippen LogP) is 2.15. The molecular formula is C14H18N4O. The first-order chi connectivity index (χ1) is 9.15. The number of aromatic nitrogens is 1. The minimum Gasteiger partial charge on any atom is -0.444 e. The largest absolute Gasteiger partial charge is 0.444 e. The van der Waals surface area contributed by atoms with E-state index in [0.717, 1.165) is 11.3 Å². The van der Waals surface area contributed by atoms with Crippen LogP contribution in [-0.2, 0) is 6.54 Å². The summed E-state index contributed by atoms with van der Waals surface area (Å²) in [7, 11) is 0. The second-order valence-electron chi connectivity index (χ2n) is 4.51. The summed E-state index contributed by atoms with van der Waals surface area (Å²) >= 11 is 0. The zero-order valence-electron chi connectivity index (χ0n) is 11.1. The third-order valence-corrected chi connectivity index (χ3v) is 2.42. The molecule has 0 aliphatic carbocycles. The number of rotatable bonds is 4. The SMILES string of the molecule is CC(C)NC(N)=NCc1coc(-c2ccccc2)n1. The highest BCUT2D eigenvalue weighted by Gasteiger charge is 2.05. The van der Waals surface area contributed by atoms with Crippen LogP contribution < -0.4 is 11.1 Å². The molecule has 3 N–H and O–H groups in total. The Morgan fingerprint density at radius 1 is 1.37 bits per heavy atom. The molecule has 2 rings (SSSR count). The van der Waals surface area contributed by atoms with Gasteiger partial charge in [-0.25, -0.2) is 9.98 Å². The van der Waals surface area contributed by atoms with Gasteiger partial charge in [0.2, 0.25) is 5.89 Å². The summed E-state index contributed by atoms with van der Waals surface area (Å²) in [6.45, 7) is 4.42.